The molecular formula is C11H11F2NO2. The number of furan rings is 1. The maximum absolute atomic E-state index is 13.4. The van der Waals surface area contributed by atoms with Crippen LogP contribution >= 0.6 is 0 Å². The first-order chi connectivity index (χ1) is 7.50. The molecule has 0 saturated carbocycles. The Kier molecular flexibility index (Phi) is 2.33. The molecule has 0 radical (unpaired) electrons. The molecule has 1 atom stereocenters. The van der Waals surface area contributed by atoms with Crippen molar-refractivity contribution >= 4 is 5.91 Å². The second kappa shape index (κ2) is 3.43. The molecule has 0 bridgehead atoms. The van der Waals surface area contributed by atoms with Gasteiger partial charge in [0.15, 0.2) is 6.04 Å². The molecule has 0 unspecified atom stereocenters. The van der Waals surface area contributed by atoms with Gasteiger partial charge in [-0.05, 0) is 18.6 Å². The van der Waals surface area contributed by atoms with Gasteiger partial charge < -0.3 is 4.42 Å². The highest BCUT2D eigenvalue weighted by Crippen LogP contribution is 2.49. The van der Waals surface area contributed by atoms with E-state index in [9.17, 15) is 13.6 Å². The first-order valence-corrected chi connectivity index (χ1v) is 4.92. The molecular weight excluding hydrogens is 216 g/mol. The zero-order chi connectivity index (χ0) is 11.9. The summed E-state index contributed by atoms with van der Waals surface area (Å²) >= 11 is 0. The summed E-state index contributed by atoms with van der Waals surface area (Å²) in [6, 6.07) is 1.60. The van der Waals surface area contributed by atoms with E-state index in [0.29, 0.717) is 12.1 Å². The van der Waals surface area contributed by atoms with Crippen LogP contribution in [0, 0.1) is 0 Å². The van der Waals surface area contributed by atoms with E-state index in [-0.39, 0.29) is 5.76 Å². The van der Waals surface area contributed by atoms with E-state index in [1.54, 1.807) is 6.92 Å². The molecule has 1 aromatic heterocycles. The van der Waals surface area contributed by atoms with Crippen LogP contribution in [0.3, 0.4) is 0 Å². The largest absolute Gasteiger partial charge is 0.467 e. The van der Waals surface area contributed by atoms with E-state index < -0.39 is 17.9 Å². The number of halogens is 2. The van der Waals surface area contributed by atoms with Gasteiger partial charge in [0.05, 0.1) is 6.26 Å². The topological polar surface area (TPSA) is 33.5 Å². The number of β-lactam (4-membered cyclic amide) rings is 1. The van der Waals surface area contributed by atoms with Crippen LogP contribution in [0.5, 0.6) is 0 Å². The number of rotatable bonds is 3. The monoisotopic (exact) mass is 227 g/mol. The lowest BCUT2D eigenvalue weighted by atomic mass is 9.93. The van der Waals surface area contributed by atoms with Crippen molar-refractivity contribution in [1.29, 1.82) is 0 Å². The highest BCUT2D eigenvalue weighted by atomic mass is 19.3. The standard InChI is InChI=1S/C11H11F2NO2/c1-3-7(2)14-9(8-5-4-6-16-8)11(12,13)10(14)15/h4-6,9H,2-3H2,1H3/t9-/m0/s1. The molecule has 5 heteroatoms. The van der Waals surface area contributed by atoms with Crippen LogP contribution in [-0.2, 0) is 4.79 Å². The third kappa shape index (κ3) is 1.27. The minimum Gasteiger partial charge on any atom is -0.467 e. The molecule has 2 rings (SSSR count). The zero-order valence-electron chi connectivity index (χ0n) is 8.74. The van der Waals surface area contributed by atoms with Crippen molar-refractivity contribution in [1.82, 2.24) is 4.90 Å². The number of nitrogens with zero attached hydrogens (tertiary/aromatic N) is 1. The summed E-state index contributed by atoms with van der Waals surface area (Å²) in [5.74, 6) is -4.52. The minimum atomic E-state index is -3.39. The van der Waals surface area contributed by atoms with Gasteiger partial charge in [-0.1, -0.05) is 13.5 Å². The van der Waals surface area contributed by atoms with Crippen molar-refractivity contribution in [2.24, 2.45) is 0 Å². The molecule has 2 heterocycles. The fourth-order valence-corrected chi connectivity index (χ4v) is 1.74. The smallest absolute Gasteiger partial charge is 0.352 e. The van der Waals surface area contributed by atoms with Crippen molar-refractivity contribution in [2.75, 3.05) is 0 Å². The highest BCUT2D eigenvalue weighted by Gasteiger charge is 2.65. The first kappa shape index (κ1) is 10.9. The fraction of sp³-hybridized carbons (Fsp3) is 0.364. The number of carbonyl (C=O) groups excluding carboxylic acids is 1. The van der Waals surface area contributed by atoms with E-state index in [4.69, 9.17) is 4.42 Å². The number of carbonyl (C=O) groups is 1. The maximum Gasteiger partial charge on any atom is 0.352 e. The molecule has 1 amide bonds. The Morgan fingerprint density at radius 1 is 1.69 bits per heavy atom. The lowest BCUT2D eigenvalue weighted by Gasteiger charge is -2.45. The van der Waals surface area contributed by atoms with E-state index >= 15 is 0 Å². The van der Waals surface area contributed by atoms with Gasteiger partial charge in [0, 0.05) is 5.70 Å². The van der Waals surface area contributed by atoms with Crippen LogP contribution < -0.4 is 0 Å². The van der Waals surface area contributed by atoms with E-state index in [0.717, 1.165) is 4.90 Å². The molecule has 1 fully saturated rings. The quantitative estimate of drug-likeness (QED) is 0.744. The Morgan fingerprint density at radius 2 is 2.38 bits per heavy atom. The lowest BCUT2D eigenvalue weighted by Crippen LogP contribution is -2.62. The molecule has 0 aromatic carbocycles. The van der Waals surface area contributed by atoms with Crippen LogP contribution in [0.15, 0.2) is 35.1 Å². The summed E-state index contributed by atoms with van der Waals surface area (Å²) in [6.45, 7) is 5.36. The molecule has 1 aliphatic heterocycles. The van der Waals surface area contributed by atoms with Crippen molar-refractivity contribution in [2.45, 2.75) is 25.3 Å². The molecule has 1 aliphatic rings. The molecule has 86 valence electrons. The molecule has 0 N–H and O–H groups in total. The second-order valence-corrected chi connectivity index (χ2v) is 3.64. The number of alkyl halides is 2. The average Bonchev–Trinajstić information content (AvgIpc) is 2.76. The predicted octanol–water partition coefficient (Wildman–Crippen LogP) is 2.72. The second-order valence-electron chi connectivity index (χ2n) is 3.64. The van der Waals surface area contributed by atoms with E-state index in [2.05, 4.69) is 6.58 Å². The van der Waals surface area contributed by atoms with Gasteiger partial charge in [0.1, 0.15) is 5.76 Å². The maximum atomic E-state index is 13.4. The number of hydrogen-bond acceptors (Lipinski definition) is 2. The Labute approximate surface area is 91.3 Å². The van der Waals surface area contributed by atoms with Gasteiger partial charge >= 0.3 is 11.8 Å². The van der Waals surface area contributed by atoms with E-state index in [1.165, 1.54) is 18.4 Å². The van der Waals surface area contributed by atoms with Crippen LogP contribution in [0.4, 0.5) is 8.78 Å². The van der Waals surface area contributed by atoms with Crippen molar-refractivity contribution < 1.29 is 18.0 Å². The Morgan fingerprint density at radius 3 is 2.88 bits per heavy atom. The van der Waals surface area contributed by atoms with Crippen molar-refractivity contribution in [3.63, 3.8) is 0 Å². The SMILES string of the molecule is C=C(CC)N1C(=O)C(F)(F)[C@@H]1c1ccco1. The van der Waals surface area contributed by atoms with Crippen LogP contribution in [0.2, 0.25) is 0 Å². The van der Waals surface area contributed by atoms with Crippen LogP contribution in [0.1, 0.15) is 25.1 Å². The third-order valence-electron chi connectivity index (χ3n) is 2.67. The zero-order valence-corrected chi connectivity index (χ0v) is 8.74. The molecule has 0 aliphatic carbocycles. The fourth-order valence-electron chi connectivity index (χ4n) is 1.74. The van der Waals surface area contributed by atoms with Crippen molar-refractivity contribution in [3.05, 3.63) is 36.4 Å². The van der Waals surface area contributed by atoms with E-state index in [1.807, 2.05) is 0 Å². The molecule has 1 saturated heterocycles. The summed E-state index contributed by atoms with van der Waals surface area (Å²) in [5, 5.41) is 0. The van der Waals surface area contributed by atoms with Gasteiger partial charge in [-0.2, -0.15) is 8.78 Å². The van der Waals surface area contributed by atoms with Gasteiger partial charge in [-0.25, -0.2) is 0 Å². The predicted molar refractivity (Wildman–Crippen MR) is 52.7 cm³/mol. The Hall–Kier alpha value is -1.65. The van der Waals surface area contributed by atoms with Crippen LogP contribution in [-0.4, -0.2) is 16.7 Å². The summed E-state index contributed by atoms with van der Waals surface area (Å²) in [4.78, 5) is 12.3. The lowest BCUT2D eigenvalue weighted by molar-refractivity contribution is -0.202. The van der Waals surface area contributed by atoms with Gasteiger partial charge in [-0.3, -0.25) is 9.69 Å². The number of hydrogen-bond donors (Lipinski definition) is 0. The molecule has 0 spiro atoms. The highest BCUT2D eigenvalue weighted by molar-refractivity contribution is 5.92. The minimum absolute atomic E-state index is 0.0826. The molecule has 1 aromatic rings. The first-order valence-electron chi connectivity index (χ1n) is 4.92. The number of allylic oxidation sites excluding steroid dienone is 1. The summed E-state index contributed by atoms with van der Waals surface area (Å²) in [6.07, 6.45) is 1.75. The summed E-state index contributed by atoms with van der Waals surface area (Å²) < 4.78 is 31.8. The summed E-state index contributed by atoms with van der Waals surface area (Å²) in [7, 11) is 0. The summed E-state index contributed by atoms with van der Waals surface area (Å²) in [5.41, 5.74) is 0.373. The Bertz CT molecular complexity index is 425. The third-order valence-corrected chi connectivity index (χ3v) is 2.67. The van der Waals surface area contributed by atoms with Gasteiger partial charge in [0.2, 0.25) is 0 Å². The molecule has 3 nitrogen and oxygen atoms in total. The normalized spacial score (nSPS) is 23.1. The molecule has 16 heavy (non-hydrogen) atoms. The number of amides is 1. The average molecular weight is 227 g/mol. The van der Waals surface area contributed by atoms with Gasteiger partial charge in [0.25, 0.3) is 0 Å². The van der Waals surface area contributed by atoms with Gasteiger partial charge in [-0.15, -0.1) is 0 Å². The number of likely N-dealkylation sites (tertiary alicyclic amines) is 1. The Balaban J connectivity index is 2.34. The van der Waals surface area contributed by atoms with Crippen molar-refractivity contribution in [3.8, 4) is 0 Å². The van der Waals surface area contributed by atoms with Crippen LogP contribution in [0.25, 0.3) is 0 Å².